The largest absolute Gasteiger partial charge is 0.353 e. The van der Waals surface area contributed by atoms with Crippen molar-refractivity contribution in [2.45, 2.75) is 33.6 Å². The molecule has 5 rings (SSSR count). The zero-order valence-electron chi connectivity index (χ0n) is 19.8. The van der Waals surface area contributed by atoms with Crippen LogP contribution in [0.15, 0.2) is 41.5 Å². The molecule has 0 amide bonds. The molecule has 0 saturated carbocycles. The van der Waals surface area contributed by atoms with E-state index >= 15 is 4.39 Å². The number of fused-ring (bicyclic) bond motifs is 2. The molecule has 0 aliphatic carbocycles. The molecule has 4 aromatic heterocycles. The molecule has 0 saturated heterocycles. The first-order valence-corrected chi connectivity index (χ1v) is 11.5. The fourth-order valence-corrected chi connectivity index (χ4v) is 4.79. The van der Waals surface area contributed by atoms with E-state index in [1.165, 1.54) is 0 Å². The molecule has 0 unspecified atom stereocenters. The van der Waals surface area contributed by atoms with Gasteiger partial charge in [0.1, 0.15) is 22.2 Å². The molecule has 11 heteroatoms. The maximum atomic E-state index is 15.6. The second kappa shape index (κ2) is 8.49. The highest BCUT2D eigenvalue weighted by Crippen LogP contribution is 2.37. The highest BCUT2D eigenvalue weighted by atomic mass is 35.5. The first-order chi connectivity index (χ1) is 17.1. The lowest BCUT2D eigenvalue weighted by molar-refractivity contribution is -0.386. The normalized spacial score (nSPS) is 11.6. The van der Waals surface area contributed by atoms with Crippen LogP contribution >= 0.6 is 11.6 Å². The van der Waals surface area contributed by atoms with E-state index in [-0.39, 0.29) is 22.6 Å². The number of nitrogens with zero attached hydrogens (tertiary/aromatic N) is 5. The molecule has 0 radical (unpaired) electrons. The van der Waals surface area contributed by atoms with Crippen LogP contribution in [0.25, 0.3) is 38.9 Å². The quantitative estimate of drug-likeness (QED) is 0.244. The molecule has 0 spiro atoms. The van der Waals surface area contributed by atoms with E-state index in [1.807, 2.05) is 26.8 Å². The number of hydrogen-bond acceptors (Lipinski definition) is 6. The predicted molar refractivity (Wildman–Crippen MR) is 135 cm³/mol. The van der Waals surface area contributed by atoms with Crippen LogP contribution in [0.4, 0.5) is 10.1 Å². The van der Waals surface area contributed by atoms with Gasteiger partial charge >= 0.3 is 11.2 Å². The van der Waals surface area contributed by atoms with Crippen LogP contribution in [0.5, 0.6) is 0 Å². The number of rotatable bonds is 4. The minimum absolute atomic E-state index is 0.00935. The smallest absolute Gasteiger partial charge is 0.278 e. The summed E-state index contributed by atoms with van der Waals surface area (Å²) in [4.78, 5) is 33.6. The van der Waals surface area contributed by atoms with Gasteiger partial charge in [-0.25, -0.2) is 9.37 Å². The van der Waals surface area contributed by atoms with Gasteiger partial charge in [0.2, 0.25) is 0 Å². The Hall–Kier alpha value is -4.18. The average molecular weight is 507 g/mol. The molecule has 0 atom stereocenters. The summed E-state index contributed by atoms with van der Waals surface area (Å²) >= 11 is 6.33. The Kier molecular flexibility index (Phi) is 5.55. The third kappa shape index (κ3) is 3.44. The fourth-order valence-electron chi connectivity index (χ4n) is 4.50. The summed E-state index contributed by atoms with van der Waals surface area (Å²) in [6.45, 7) is 7.36. The monoisotopic (exact) mass is 506 g/mol. The molecular formula is C25H20ClFN6O3. The van der Waals surface area contributed by atoms with Crippen molar-refractivity contribution < 1.29 is 9.31 Å². The first kappa shape index (κ1) is 23.6. The molecule has 36 heavy (non-hydrogen) atoms. The minimum Gasteiger partial charge on any atom is -0.278 e. The molecule has 0 fully saturated rings. The van der Waals surface area contributed by atoms with E-state index in [4.69, 9.17) is 11.6 Å². The Balaban J connectivity index is 2.01. The van der Waals surface area contributed by atoms with Gasteiger partial charge in [-0.3, -0.25) is 29.6 Å². The first-order valence-electron chi connectivity index (χ1n) is 11.1. The van der Waals surface area contributed by atoms with Crippen molar-refractivity contribution in [1.29, 1.82) is 0 Å². The summed E-state index contributed by atoms with van der Waals surface area (Å²) in [6, 6.07) is 6.41. The highest BCUT2D eigenvalue weighted by molar-refractivity contribution is 6.37. The molecule has 182 valence electrons. The van der Waals surface area contributed by atoms with E-state index in [0.717, 1.165) is 16.2 Å². The van der Waals surface area contributed by atoms with Crippen LogP contribution in [0.1, 0.15) is 36.6 Å². The zero-order valence-corrected chi connectivity index (χ0v) is 20.5. The van der Waals surface area contributed by atoms with E-state index in [9.17, 15) is 14.9 Å². The summed E-state index contributed by atoms with van der Waals surface area (Å²) in [7, 11) is 0. The number of H-pyrrole nitrogens is 1. The van der Waals surface area contributed by atoms with Gasteiger partial charge < -0.3 is 0 Å². The van der Waals surface area contributed by atoms with Gasteiger partial charge in [0.25, 0.3) is 0 Å². The lowest BCUT2D eigenvalue weighted by Crippen LogP contribution is -2.25. The minimum atomic E-state index is -0.973. The summed E-state index contributed by atoms with van der Waals surface area (Å²) in [5.74, 6) is -0.869. The average Bonchev–Trinajstić information content (AvgIpc) is 3.29. The van der Waals surface area contributed by atoms with Crippen molar-refractivity contribution in [3.63, 3.8) is 0 Å². The van der Waals surface area contributed by atoms with E-state index in [1.54, 1.807) is 31.5 Å². The zero-order chi connectivity index (χ0) is 25.9. The Morgan fingerprint density at radius 2 is 1.92 bits per heavy atom. The number of benzene rings is 1. The molecule has 1 N–H and O–H groups in total. The SMILES string of the molecule is Cc1ccnc(C(C)C)c1-n1c(=O)c([N+](=O)[O-])c(Cl)c2cc(F)c(-c3c(C)ccc4[nH]ncc34)nc21. The van der Waals surface area contributed by atoms with Gasteiger partial charge in [-0.05, 0) is 49.1 Å². The van der Waals surface area contributed by atoms with Crippen LogP contribution in [0.3, 0.4) is 0 Å². The molecule has 5 aromatic rings. The Labute approximate surface area is 208 Å². The summed E-state index contributed by atoms with van der Waals surface area (Å²) < 4.78 is 16.8. The fraction of sp³-hybridized carbons (Fsp3) is 0.200. The topological polar surface area (TPSA) is 120 Å². The molecule has 4 heterocycles. The second-order valence-electron chi connectivity index (χ2n) is 8.86. The van der Waals surface area contributed by atoms with Crippen molar-refractivity contribution in [2.75, 3.05) is 0 Å². The van der Waals surface area contributed by atoms with Crippen molar-refractivity contribution in [2.24, 2.45) is 0 Å². The van der Waals surface area contributed by atoms with Crippen LogP contribution in [-0.4, -0.2) is 29.7 Å². The van der Waals surface area contributed by atoms with Crippen molar-refractivity contribution >= 4 is 39.2 Å². The summed E-state index contributed by atoms with van der Waals surface area (Å²) in [5.41, 5.74) is 1.57. The van der Waals surface area contributed by atoms with Crippen LogP contribution in [-0.2, 0) is 0 Å². The van der Waals surface area contributed by atoms with Crippen LogP contribution < -0.4 is 5.56 Å². The Morgan fingerprint density at radius 3 is 2.61 bits per heavy atom. The van der Waals surface area contributed by atoms with E-state index in [0.29, 0.717) is 33.4 Å². The lowest BCUT2D eigenvalue weighted by Gasteiger charge is -2.19. The van der Waals surface area contributed by atoms with Crippen molar-refractivity contribution in [3.05, 3.63) is 84.8 Å². The Morgan fingerprint density at radius 1 is 1.17 bits per heavy atom. The maximum Gasteiger partial charge on any atom is 0.353 e. The molecule has 0 aliphatic heterocycles. The van der Waals surface area contributed by atoms with Crippen molar-refractivity contribution in [1.82, 2.24) is 24.7 Å². The Bertz CT molecular complexity index is 1780. The van der Waals surface area contributed by atoms with E-state index < -0.39 is 27.0 Å². The lowest BCUT2D eigenvalue weighted by atomic mass is 10.00. The van der Waals surface area contributed by atoms with Gasteiger partial charge in [-0.15, -0.1) is 0 Å². The van der Waals surface area contributed by atoms with Gasteiger partial charge in [0.15, 0.2) is 0 Å². The van der Waals surface area contributed by atoms with Gasteiger partial charge in [0, 0.05) is 22.5 Å². The summed E-state index contributed by atoms with van der Waals surface area (Å²) in [5, 5.41) is 18.9. The molecular weight excluding hydrogens is 487 g/mol. The molecule has 9 nitrogen and oxygen atoms in total. The second-order valence-corrected chi connectivity index (χ2v) is 9.23. The van der Waals surface area contributed by atoms with Gasteiger partial charge in [0.05, 0.1) is 28.0 Å². The van der Waals surface area contributed by atoms with Crippen LogP contribution in [0, 0.1) is 29.8 Å². The molecule has 0 aliphatic rings. The number of nitrogens with one attached hydrogen (secondary N) is 1. The standard InChI is InChI=1S/C25H20ClFN6O3/c1-11(2)20-22(13(4)7-8-28-20)32-24-14(19(26)23(25(32)34)33(35)36)9-16(27)21(30-24)18-12(3)5-6-17-15(18)10-29-31-17/h5-11H,1-4H3,(H,29,31). The van der Waals surface area contributed by atoms with Crippen molar-refractivity contribution in [3.8, 4) is 16.9 Å². The van der Waals surface area contributed by atoms with Gasteiger partial charge in [-0.1, -0.05) is 31.5 Å². The maximum absolute atomic E-state index is 15.6. The number of hydrogen-bond donors (Lipinski definition) is 1. The van der Waals surface area contributed by atoms with Crippen LogP contribution in [0.2, 0.25) is 5.02 Å². The number of aryl methyl sites for hydroxylation is 2. The molecule has 1 aromatic carbocycles. The van der Waals surface area contributed by atoms with Gasteiger partial charge in [-0.2, -0.15) is 5.10 Å². The number of aromatic amines is 1. The number of nitro groups is 1. The van der Waals surface area contributed by atoms with E-state index in [2.05, 4.69) is 20.2 Å². The number of halogens is 2. The third-order valence-corrected chi connectivity index (χ3v) is 6.58. The predicted octanol–water partition coefficient (Wildman–Crippen LogP) is 5.76. The number of pyridine rings is 3. The third-order valence-electron chi connectivity index (χ3n) is 6.19. The summed E-state index contributed by atoms with van der Waals surface area (Å²) in [6.07, 6.45) is 3.17. The number of aromatic nitrogens is 5. The highest BCUT2D eigenvalue weighted by Gasteiger charge is 2.30. The molecule has 0 bridgehead atoms.